The molecule has 0 saturated heterocycles. The summed E-state index contributed by atoms with van der Waals surface area (Å²) in [6.45, 7) is 16.7. The molecule has 1 unspecified atom stereocenters. The number of aliphatic hydroxyl groups excluding tert-OH is 1. The number of hydrogen-bond acceptors (Lipinski definition) is 5. The first-order valence-electron chi connectivity index (χ1n) is 8.33. The number of carbonyl (C=O) groups excluding carboxylic acids is 2. The first kappa shape index (κ1) is 20.4. The highest BCUT2D eigenvalue weighted by atomic mass is 16.6. The van der Waals surface area contributed by atoms with Crippen LogP contribution in [-0.2, 0) is 19.1 Å². The van der Waals surface area contributed by atoms with Gasteiger partial charge in [-0.3, -0.25) is 0 Å². The zero-order valence-corrected chi connectivity index (χ0v) is 15.4. The Morgan fingerprint density at radius 3 is 2.21 bits per heavy atom. The standard InChI is InChI=1S/C14H22O2.C5H8O3/c1-9(2)12(15)16-11-8-10-6-7-14(11,5)13(10,3)4;1-3-5(7)8-4(2)6/h10-11H,1,6-8H2,2-5H3;3-4,6H,1H2,2H3/t10-,11-,14+;/m0./s1. The van der Waals surface area contributed by atoms with Crippen LogP contribution in [0.15, 0.2) is 24.8 Å². The molecule has 2 bridgehead atoms. The Labute approximate surface area is 144 Å². The molecule has 0 aromatic heterocycles. The Hall–Kier alpha value is -1.62. The second-order valence-electron chi connectivity index (χ2n) is 7.53. The summed E-state index contributed by atoms with van der Waals surface area (Å²) in [5.41, 5.74) is 0.958. The minimum absolute atomic E-state index is 0.0884. The third-order valence-electron chi connectivity index (χ3n) is 5.77. The van der Waals surface area contributed by atoms with Crippen LogP contribution in [0, 0.1) is 16.7 Å². The maximum absolute atomic E-state index is 11.6. The summed E-state index contributed by atoms with van der Waals surface area (Å²) in [5.74, 6) is -0.130. The summed E-state index contributed by atoms with van der Waals surface area (Å²) in [6.07, 6.45) is 3.53. The van der Waals surface area contributed by atoms with Crippen LogP contribution in [0.2, 0.25) is 0 Å². The van der Waals surface area contributed by atoms with E-state index in [4.69, 9.17) is 9.84 Å². The molecule has 0 aromatic carbocycles. The second-order valence-corrected chi connectivity index (χ2v) is 7.53. The maximum atomic E-state index is 11.6. The van der Waals surface area contributed by atoms with Gasteiger partial charge in [0, 0.05) is 17.1 Å². The minimum Gasteiger partial charge on any atom is -0.458 e. The normalized spacial score (nSPS) is 30.6. The highest BCUT2D eigenvalue weighted by Crippen LogP contribution is 2.66. The van der Waals surface area contributed by atoms with Gasteiger partial charge in [-0.2, -0.15) is 0 Å². The molecule has 2 fully saturated rings. The van der Waals surface area contributed by atoms with Crippen molar-refractivity contribution >= 4 is 11.9 Å². The van der Waals surface area contributed by atoms with Crippen molar-refractivity contribution in [3.8, 4) is 0 Å². The van der Waals surface area contributed by atoms with E-state index in [2.05, 4.69) is 38.7 Å². The molecular weight excluding hydrogens is 308 g/mol. The van der Waals surface area contributed by atoms with Crippen molar-refractivity contribution in [2.45, 2.75) is 66.3 Å². The minimum atomic E-state index is -1.04. The Balaban J connectivity index is 0.000000307. The van der Waals surface area contributed by atoms with Crippen LogP contribution in [0.1, 0.15) is 53.9 Å². The van der Waals surface area contributed by atoms with Crippen molar-refractivity contribution in [1.29, 1.82) is 0 Å². The number of ether oxygens (including phenoxy) is 2. The monoisotopic (exact) mass is 338 g/mol. The lowest BCUT2D eigenvalue weighted by Crippen LogP contribution is -2.38. The molecule has 4 atom stereocenters. The van der Waals surface area contributed by atoms with Gasteiger partial charge in [-0.25, -0.2) is 9.59 Å². The lowest BCUT2D eigenvalue weighted by molar-refractivity contribution is -0.158. The zero-order chi connectivity index (χ0) is 18.7. The number of aliphatic hydroxyl groups is 1. The van der Waals surface area contributed by atoms with Gasteiger partial charge >= 0.3 is 11.9 Å². The molecule has 5 heteroatoms. The van der Waals surface area contributed by atoms with Gasteiger partial charge in [-0.15, -0.1) is 0 Å². The first-order valence-corrected chi connectivity index (χ1v) is 8.33. The number of rotatable bonds is 4. The fraction of sp³-hybridized carbons (Fsp3) is 0.684. The average Bonchev–Trinajstić information content (AvgIpc) is 2.80. The van der Waals surface area contributed by atoms with Crippen molar-refractivity contribution in [3.05, 3.63) is 24.8 Å². The molecule has 0 radical (unpaired) electrons. The molecule has 136 valence electrons. The predicted molar refractivity (Wildman–Crippen MR) is 91.9 cm³/mol. The fourth-order valence-corrected chi connectivity index (χ4v) is 3.75. The molecule has 2 aliphatic rings. The third kappa shape index (κ3) is 4.07. The Morgan fingerprint density at radius 1 is 1.33 bits per heavy atom. The van der Waals surface area contributed by atoms with Crippen molar-refractivity contribution < 1.29 is 24.2 Å². The van der Waals surface area contributed by atoms with Crippen molar-refractivity contribution in [1.82, 2.24) is 0 Å². The van der Waals surface area contributed by atoms with Crippen molar-refractivity contribution in [3.63, 3.8) is 0 Å². The quantitative estimate of drug-likeness (QED) is 0.483. The van der Waals surface area contributed by atoms with Crippen LogP contribution >= 0.6 is 0 Å². The van der Waals surface area contributed by atoms with Gasteiger partial charge in [-0.05, 0) is 44.4 Å². The highest BCUT2D eigenvalue weighted by Gasteiger charge is 2.62. The fourth-order valence-electron chi connectivity index (χ4n) is 3.75. The Morgan fingerprint density at radius 2 is 1.92 bits per heavy atom. The summed E-state index contributed by atoms with van der Waals surface area (Å²) in [5, 5.41) is 8.36. The van der Waals surface area contributed by atoms with E-state index in [9.17, 15) is 9.59 Å². The maximum Gasteiger partial charge on any atom is 0.333 e. The largest absolute Gasteiger partial charge is 0.458 e. The molecular formula is C19H30O5. The summed E-state index contributed by atoms with van der Waals surface area (Å²) in [7, 11) is 0. The molecule has 24 heavy (non-hydrogen) atoms. The van der Waals surface area contributed by atoms with Crippen LogP contribution in [0.5, 0.6) is 0 Å². The summed E-state index contributed by atoms with van der Waals surface area (Å²) >= 11 is 0. The lowest BCUT2D eigenvalue weighted by atomic mass is 9.70. The van der Waals surface area contributed by atoms with Crippen LogP contribution in [-0.4, -0.2) is 29.4 Å². The molecule has 0 spiro atoms. The number of carbonyl (C=O) groups is 2. The van der Waals surface area contributed by atoms with Crippen LogP contribution in [0.25, 0.3) is 0 Å². The lowest BCUT2D eigenvalue weighted by Gasteiger charge is -2.38. The number of fused-ring (bicyclic) bond motifs is 2. The first-order chi connectivity index (χ1) is 11.0. The van der Waals surface area contributed by atoms with Crippen molar-refractivity contribution in [2.24, 2.45) is 16.7 Å². The van der Waals surface area contributed by atoms with E-state index in [1.165, 1.54) is 19.8 Å². The topological polar surface area (TPSA) is 72.8 Å². The van der Waals surface area contributed by atoms with E-state index in [1.807, 2.05) is 0 Å². The van der Waals surface area contributed by atoms with E-state index in [-0.39, 0.29) is 17.5 Å². The molecule has 2 rings (SSSR count). The zero-order valence-electron chi connectivity index (χ0n) is 15.4. The third-order valence-corrected chi connectivity index (χ3v) is 5.77. The predicted octanol–water partition coefficient (Wildman–Crippen LogP) is 3.37. The van der Waals surface area contributed by atoms with E-state index in [0.29, 0.717) is 16.9 Å². The van der Waals surface area contributed by atoms with Gasteiger partial charge in [0.1, 0.15) is 6.10 Å². The Bertz CT molecular complexity index is 520. The number of hydrogen-bond donors (Lipinski definition) is 1. The molecule has 5 nitrogen and oxygen atoms in total. The Kier molecular flexibility index (Phi) is 6.39. The van der Waals surface area contributed by atoms with Crippen LogP contribution in [0.3, 0.4) is 0 Å². The molecule has 2 aliphatic carbocycles. The number of esters is 2. The van der Waals surface area contributed by atoms with Gasteiger partial charge in [-0.1, -0.05) is 33.9 Å². The van der Waals surface area contributed by atoms with Gasteiger partial charge in [0.25, 0.3) is 0 Å². The molecule has 0 heterocycles. The molecule has 0 amide bonds. The second kappa shape index (κ2) is 7.51. The summed E-state index contributed by atoms with van der Waals surface area (Å²) in [6, 6.07) is 0. The SMILES string of the molecule is C=C(C)C(=O)O[C@H]1C[C@@H]2CC[C@@]1(C)C2(C)C.C=CC(=O)OC(C)O. The molecule has 0 aromatic rings. The van der Waals surface area contributed by atoms with Gasteiger partial charge < -0.3 is 14.6 Å². The van der Waals surface area contributed by atoms with Crippen molar-refractivity contribution in [2.75, 3.05) is 0 Å². The summed E-state index contributed by atoms with van der Waals surface area (Å²) < 4.78 is 9.80. The van der Waals surface area contributed by atoms with E-state index in [0.717, 1.165) is 12.5 Å². The van der Waals surface area contributed by atoms with Gasteiger partial charge in [0.05, 0.1) is 0 Å². The molecule has 1 N–H and O–H groups in total. The highest BCUT2D eigenvalue weighted by molar-refractivity contribution is 5.87. The van der Waals surface area contributed by atoms with Gasteiger partial charge in [0.15, 0.2) is 6.29 Å². The van der Waals surface area contributed by atoms with Crippen LogP contribution < -0.4 is 0 Å². The summed E-state index contributed by atoms with van der Waals surface area (Å²) in [4.78, 5) is 21.7. The smallest absolute Gasteiger partial charge is 0.333 e. The average molecular weight is 338 g/mol. The van der Waals surface area contributed by atoms with E-state index < -0.39 is 12.3 Å². The van der Waals surface area contributed by atoms with E-state index >= 15 is 0 Å². The molecule has 0 aliphatic heterocycles. The van der Waals surface area contributed by atoms with E-state index in [1.54, 1.807) is 6.92 Å². The van der Waals surface area contributed by atoms with Gasteiger partial charge in [0.2, 0.25) is 0 Å². The van der Waals surface area contributed by atoms with Crippen LogP contribution in [0.4, 0.5) is 0 Å². The molecule has 2 saturated carbocycles.